The molecule has 0 amide bonds. The topological polar surface area (TPSA) is 49.4 Å². The first kappa shape index (κ1) is 14.9. The smallest absolute Gasteiger partial charge is 0.147 e. The maximum absolute atomic E-state index is 11.0. The molecule has 0 saturated heterocycles. The van der Waals surface area contributed by atoms with Crippen molar-refractivity contribution in [2.24, 2.45) is 0 Å². The lowest BCUT2D eigenvalue weighted by Gasteiger charge is -2.19. The van der Waals surface area contributed by atoms with Crippen molar-refractivity contribution in [3.63, 3.8) is 0 Å². The fourth-order valence-corrected chi connectivity index (χ4v) is 2.12. The minimum absolute atomic E-state index is 0.276. The standard InChI is InChI=1S/C10H24N2O2S/c1-5-11-10(6-8-12(2)3)7-9-15(4,13)14/h10-11H,5-9H2,1-4H3. The minimum Gasteiger partial charge on any atom is -0.314 e. The maximum atomic E-state index is 11.0. The monoisotopic (exact) mass is 236 g/mol. The molecule has 0 saturated carbocycles. The molecule has 0 aromatic heterocycles. The van der Waals surface area contributed by atoms with E-state index in [2.05, 4.69) is 10.2 Å². The first-order valence-electron chi connectivity index (χ1n) is 5.41. The van der Waals surface area contributed by atoms with Crippen LogP contribution in [0.25, 0.3) is 0 Å². The van der Waals surface area contributed by atoms with E-state index in [1.807, 2.05) is 21.0 Å². The molecule has 0 aromatic carbocycles. The third kappa shape index (κ3) is 10.2. The van der Waals surface area contributed by atoms with Gasteiger partial charge in [-0.25, -0.2) is 8.42 Å². The van der Waals surface area contributed by atoms with Gasteiger partial charge >= 0.3 is 0 Å². The molecular weight excluding hydrogens is 212 g/mol. The van der Waals surface area contributed by atoms with Crippen molar-refractivity contribution in [1.82, 2.24) is 10.2 Å². The van der Waals surface area contributed by atoms with Gasteiger partial charge in [-0.3, -0.25) is 0 Å². The van der Waals surface area contributed by atoms with Crippen LogP contribution in [-0.4, -0.2) is 58.6 Å². The van der Waals surface area contributed by atoms with Crippen LogP contribution in [0, 0.1) is 0 Å². The zero-order chi connectivity index (χ0) is 11.9. The summed E-state index contributed by atoms with van der Waals surface area (Å²) in [7, 11) is 1.23. The molecule has 4 nitrogen and oxygen atoms in total. The van der Waals surface area contributed by atoms with Crippen molar-refractivity contribution in [3.05, 3.63) is 0 Å². The van der Waals surface area contributed by atoms with Crippen molar-refractivity contribution in [3.8, 4) is 0 Å². The molecule has 15 heavy (non-hydrogen) atoms. The van der Waals surface area contributed by atoms with Crippen LogP contribution in [0.15, 0.2) is 0 Å². The fourth-order valence-electron chi connectivity index (χ4n) is 1.41. The van der Waals surface area contributed by atoms with E-state index in [4.69, 9.17) is 0 Å². The van der Waals surface area contributed by atoms with Crippen LogP contribution in [0.2, 0.25) is 0 Å². The van der Waals surface area contributed by atoms with E-state index < -0.39 is 9.84 Å². The lowest BCUT2D eigenvalue weighted by Crippen LogP contribution is -2.33. The average Bonchev–Trinajstić information content (AvgIpc) is 2.08. The Morgan fingerprint density at radius 1 is 1.27 bits per heavy atom. The molecule has 1 N–H and O–H groups in total. The highest BCUT2D eigenvalue weighted by molar-refractivity contribution is 7.90. The number of nitrogens with zero attached hydrogens (tertiary/aromatic N) is 1. The summed E-state index contributed by atoms with van der Waals surface area (Å²) in [6, 6.07) is 0.312. The highest BCUT2D eigenvalue weighted by atomic mass is 32.2. The fraction of sp³-hybridized carbons (Fsp3) is 1.00. The molecular formula is C10H24N2O2S. The third-order valence-corrected chi connectivity index (χ3v) is 3.23. The number of rotatable bonds is 8. The van der Waals surface area contributed by atoms with Gasteiger partial charge in [0.1, 0.15) is 9.84 Å². The second-order valence-corrected chi connectivity index (χ2v) is 6.52. The molecule has 0 heterocycles. The van der Waals surface area contributed by atoms with Gasteiger partial charge in [0.15, 0.2) is 0 Å². The Balaban J connectivity index is 3.93. The SMILES string of the molecule is CCNC(CCN(C)C)CCS(C)(=O)=O. The molecule has 1 unspecified atom stereocenters. The highest BCUT2D eigenvalue weighted by Gasteiger charge is 2.11. The summed E-state index contributed by atoms with van der Waals surface area (Å²) in [6.07, 6.45) is 3.00. The van der Waals surface area contributed by atoms with Gasteiger partial charge in [0.25, 0.3) is 0 Å². The van der Waals surface area contributed by atoms with Gasteiger partial charge in [0.05, 0.1) is 5.75 Å². The van der Waals surface area contributed by atoms with Gasteiger partial charge in [-0.15, -0.1) is 0 Å². The molecule has 0 spiro atoms. The lowest BCUT2D eigenvalue weighted by atomic mass is 10.1. The van der Waals surface area contributed by atoms with Gasteiger partial charge in [0, 0.05) is 12.3 Å². The van der Waals surface area contributed by atoms with Crippen LogP contribution >= 0.6 is 0 Å². The van der Waals surface area contributed by atoms with E-state index in [-0.39, 0.29) is 5.75 Å². The van der Waals surface area contributed by atoms with Crippen LogP contribution in [0.4, 0.5) is 0 Å². The van der Waals surface area contributed by atoms with Gasteiger partial charge in [-0.2, -0.15) is 0 Å². The van der Waals surface area contributed by atoms with Crippen LogP contribution in [0.3, 0.4) is 0 Å². The van der Waals surface area contributed by atoms with E-state index in [0.29, 0.717) is 12.5 Å². The Morgan fingerprint density at radius 3 is 2.27 bits per heavy atom. The number of sulfone groups is 1. The second kappa shape index (κ2) is 7.19. The van der Waals surface area contributed by atoms with Crippen LogP contribution in [0.1, 0.15) is 19.8 Å². The molecule has 0 aromatic rings. The van der Waals surface area contributed by atoms with Crippen molar-refractivity contribution in [2.45, 2.75) is 25.8 Å². The van der Waals surface area contributed by atoms with Gasteiger partial charge in [-0.1, -0.05) is 6.92 Å². The molecule has 5 heteroatoms. The number of nitrogens with one attached hydrogen (secondary N) is 1. The van der Waals surface area contributed by atoms with E-state index in [1.165, 1.54) is 6.26 Å². The third-order valence-electron chi connectivity index (χ3n) is 2.25. The molecule has 1 atom stereocenters. The first-order valence-corrected chi connectivity index (χ1v) is 7.47. The summed E-state index contributed by atoms with van der Waals surface area (Å²) in [6.45, 7) is 3.92. The van der Waals surface area contributed by atoms with Gasteiger partial charge < -0.3 is 10.2 Å². The van der Waals surface area contributed by atoms with Crippen molar-refractivity contribution in [2.75, 3.05) is 39.2 Å². The van der Waals surface area contributed by atoms with E-state index in [9.17, 15) is 8.42 Å². The van der Waals surface area contributed by atoms with Gasteiger partial charge in [-0.05, 0) is 40.0 Å². The summed E-state index contributed by atoms with van der Waals surface area (Å²) in [5.41, 5.74) is 0. The predicted octanol–water partition coefficient (Wildman–Crippen LogP) is 0.351. The zero-order valence-corrected chi connectivity index (χ0v) is 11.1. The Bertz CT molecular complexity index is 250. The molecule has 0 aliphatic carbocycles. The Kier molecular flexibility index (Phi) is 7.13. The molecule has 0 bridgehead atoms. The maximum Gasteiger partial charge on any atom is 0.147 e. The first-order chi connectivity index (χ1) is 6.85. The summed E-state index contributed by atoms with van der Waals surface area (Å²) in [4.78, 5) is 2.12. The van der Waals surface area contributed by atoms with E-state index in [1.54, 1.807) is 0 Å². The summed E-state index contributed by atoms with van der Waals surface area (Å²) >= 11 is 0. The highest BCUT2D eigenvalue weighted by Crippen LogP contribution is 2.01. The Morgan fingerprint density at radius 2 is 1.87 bits per heavy atom. The van der Waals surface area contributed by atoms with Crippen molar-refractivity contribution < 1.29 is 8.42 Å². The zero-order valence-electron chi connectivity index (χ0n) is 10.3. The normalized spacial score (nSPS) is 14.5. The van der Waals surface area contributed by atoms with Crippen molar-refractivity contribution in [1.29, 1.82) is 0 Å². The quantitative estimate of drug-likeness (QED) is 0.661. The van der Waals surface area contributed by atoms with Crippen LogP contribution in [0.5, 0.6) is 0 Å². The summed E-state index contributed by atoms with van der Waals surface area (Å²) in [5, 5.41) is 3.32. The second-order valence-electron chi connectivity index (χ2n) is 4.27. The Hall–Kier alpha value is -0.130. The van der Waals surface area contributed by atoms with Crippen LogP contribution < -0.4 is 5.32 Å². The van der Waals surface area contributed by atoms with Gasteiger partial charge in [0.2, 0.25) is 0 Å². The lowest BCUT2D eigenvalue weighted by molar-refractivity contribution is 0.356. The molecule has 0 aliphatic heterocycles. The largest absolute Gasteiger partial charge is 0.314 e. The average molecular weight is 236 g/mol. The minimum atomic E-state index is -2.83. The van der Waals surface area contributed by atoms with Crippen molar-refractivity contribution >= 4 is 9.84 Å². The summed E-state index contributed by atoms with van der Waals surface area (Å²) < 4.78 is 22.1. The number of hydrogen-bond acceptors (Lipinski definition) is 4. The molecule has 0 rings (SSSR count). The molecule has 0 fully saturated rings. The van der Waals surface area contributed by atoms with E-state index >= 15 is 0 Å². The molecule has 92 valence electrons. The molecule has 0 aliphatic rings. The predicted molar refractivity (Wildman–Crippen MR) is 65.0 cm³/mol. The molecule has 0 radical (unpaired) electrons. The Labute approximate surface area is 94.0 Å². The summed E-state index contributed by atoms with van der Waals surface area (Å²) in [5.74, 6) is 0.276. The number of hydrogen-bond donors (Lipinski definition) is 1. The van der Waals surface area contributed by atoms with Crippen LogP contribution in [-0.2, 0) is 9.84 Å². The van der Waals surface area contributed by atoms with E-state index in [0.717, 1.165) is 19.5 Å².